The fourth-order valence-electron chi connectivity index (χ4n) is 6.23. The zero-order chi connectivity index (χ0) is 24.8. The monoisotopic (exact) mass is 464 g/mol. The summed E-state index contributed by atoms with van der Waals surface area (Å²) < 4.78 is 15.1. The molecule has 2 heterocycles. The fourth-order valence-corrected chi connectivity index (χ4v) is 6.23. The van der Waals surface area contributed by atoms with E-state index in [4.69, 9.17) is 0 Å². The first-order valence-corrected chi connectivity index (χ1v) is 12.9. The van der Waals surface area contributed by atoms with Gasteiger partial charge in [-0.2, -0.15) is 0 Å². The molecule has 0 aromatic heterocycles. The van der Waals surface area contributed by atoms with E-state index < -0.39 is 0 Å². The number of anilines is 1. The molecule has 0 radical (unpaired) electrons. The molecule has 0 bridgehead atoms. The predicted molar refractivity (Wildman–Crippen MR) is 139 cm³/mol. The first-order chi connectivity index (χ1) is 16.0. The van der Waals surface area contributed by atoms with Gasteiger partial charge in [0.25, 0.3) is 0 Å². The van der Waals surface area contributed by atoms with Gasteiger partial charge >= 0.3 is 0 Å². The minimum absolute atomic E-state index is 0.0210. The predicted octanol–water partition coefficient (Wildman–Crippen LogP) is 6.52. The highest BCUT2D eigenvalue weighted by Gasteiger charge is 2.46. The van der Waals surface area contributed by atoms with E-state index in [0.717, 1.165) is 24.9 Å². The fraction of sp³-hybridized carbons (Fsp3) is 0.567. The highest BCUT2D eigenvalue weighted by molar-refractivity contribution is 5.85. The molecule has 0 spiro atoms. The lowest BCUT2D eigenvalue weighted by atomic mass is 9.75. The van der Waals surface area contributed by atoms with E-state index in [1.807, 2.05) is 19.1 Å². The van der Waals surface area contributed by atoms with Crippen LogP contribution in [-0.2, 0) is 4.79 Å². The highest BCUT2D eigenvalue weighted by atomic mass is 19.1. The quantitative estimate of drug-likeness (QED) is 0.515. The number of likely N-dealkylation sites (tertiary alicyclic amines) is 1. The zero-order valence-electron chi connectivity index (χ0n) is 21.9. The minimum Gasteiger partial charge on any atom is -0.366 e. The van der Waals surface area contributed by atoms with Crippen molar-refractivity contribution >= 4 is 11.5 Å². The van der Waals surface area contributed by atoms with Crippen LogP contribution in [0.4, 0.5) is 10.1 Å². The molecule has 0 N–H and O–H groups in total. The van der Waals surface area contributed by atoms with Gasteiger partial charge in [-0.15, -0.1) is 0 Å². The Morgan fingerprint density at radius 2 is 1.50 bits per heavy atom. The molecule has 2 fully saturated rings. The molecule has 2 aliphatic heterocycles. The number of aryl methyl sites for hydroxylation is 2. The Morgan fingerprint density at radius 3 is 2.06 bits per heavy atom. The summed E-state index contributed by atoms with van der Waals surface area (Å²) in [6.45, 7) is 16.5. The van der Waals surface area contributed by atoms with Gasteiger partial charge in [0.1, 0.15) is 11.6 Å². The number of nitrogens with zero attached hydrogens (tertiary/aromatic N) is 2. The second-order valence-corrected chi connectivity index (χ2v) is 11.8. The van der Waals surface area contributed by atoms with Crippen LogP contribution < -0.4 is 4.90 Å². The maximum Gasteiger partial charge on any atom is 0.141 e. The number of carbonyl (C=O) groups is 1. The van der Waals surface area contributed by atoms with Crippen LogP contribution in [0.15, 0.2) is 42.5 Å². The Balaban J connectivity index is 1.58. The van der Waals surface area contributed by atoms with E-state index in [0.29, 0.717) is 17.9 Å². The Morgan fingerprint density at radius 1 is 0.912 bits per heavy atom. The van der Waals surface area contributed by atoms with Crippen molar-refractivity contribution in [3.05, 3.63) is 65.0 Å². The molecule has 2 aliphatic rings. The number of carbonyl (C=O) groups excluding carboxylic acids is 1. The molecule has 0 saturated carbocycles. The van der Waals surface area contributed by atoms with Gasteiger partial charge in [-0.1, -0.05) is 29.8 Å². The van der Waals surface area contributed by atoms with Gasteiger partial charge in [-0.25, -0.2) is 4.39 Å². The molecule has 34 heavy (non-hydrogen) atoms. The maximum atomic E-state index is 15.1. The second-order valence-electron chi connectivity index (χ2n) is 11.8. The topological polar surface area (TPSA) is 23.6 Å². The van der Waals surface area contributed by atoms with E-state index >= 15 is 4.39 Å². The number of hydrogen-bond acceptors (Lipinski definition) is 3. The summed E-state index contributed by atoms with van der Waals surface area (Å²) in [6.07, 6.45) is 1.71. The Hall–Kier alpha value is -2.20. The van der Waals surface area contributed by atoms with Crippen LogP contribution in [0.5, 0.6) is 0 Å². The van der Waals surface area contributed by atoms with Gasteiger partial charge in [0.2, 0.25) is 0 Å². The van der Waals surface area contributed by atoms with Crippen LogP contribution in [0.3, 0.4) is 0 Å². The zero-order valence-corrected chi connectivity index (χ0v) is 21.9. The molecule has 2 saturated heterocycles. The Kier molecular flexibility index (Phi) is 6.92. The number of piperidine rings is 1. The third-order valence-corrected chi connectivity index (χ3v) is 8.12. The Labute approximate surface area is 205 Å². The number of hydrogen-bond donors (Lipinski definition) is 0. The number of halogens is 1. The van der Waals surface area contributed by atoms with Gasteiger partial charge in [0.15, 0.2) is 0 Å². The molecule has 5 atom stereocenters. The molecule has 2 aromatic carbocycles. The first-order valence-electron chi connectivity index (χ1n) is 12.9. The molecule has 0 aliphatic carbocycles. The average Bonchev–Trinajstić information content (AvgIpc) is 3.19. The summed E-state index contributed by atoms with van der Waals surface area (Å²) in [5, 5.41) is 0. The van der Waals surface area contributed by atoms with Crippen LogP contribution in [0, 0.1) is 31.5 Å². The SMILES string of the molecule is Cc1ccc(N2[C@H](C)CC(C(=O)[C@H]3CN(C(C)(C)C)C[C@@H]3c3ccc(C)cc3F)C[C@@H]2C)cc1. The summed E-state index contributed by atoms with van der Waals surface area (Å²) in [7, 11) is 0. The van der Waals surface area contributed by atoms with E-state index in [9.17, 15) is 4.79 Å². The molecular formula is C30H41FN2O. The lowest BCUT2D eigenvalue weighted by Gasteiger charge is -2.44. The summed E-state index contributed by atoms with van der Waals surface area (Å²) in [4.78, 5) is 18.9. The van der Waals surface area contributed by atoms with E-state index in [1.165, 1.54) is 11.3 Å². The molecule has 4 rings (SSSR count). The molecule has 0 amide bonds. The molecule has 184 valence electrons. The van der Waals surface area contributed by atoms with Gasteiger partial charge in [-0.3, -0.25) is 9.69 Å². The summed E-state index contributed by atoms with van der Waals surface area (Å²) in [5.41, 5.74) is 4.06. The lowest BCUT2D eigenvalue weighted by Crippen LogP contribution is -2.49. The van der Waals surface area contributed by atoms with Crippen LogP contribution in [0.1, 0.15) is 70.1 Å². The van der Waals surface area contributed by atoms with Crippen molar-refractivity contribution in [1.29, 1.82) is 0 Å². The second kappa shape index (κ2) is 9.45. The third kappa shape index (κ3) is 4.93. The largest absolute Gasteiger partial charge is 0.366 e. The maximum absolute atomic E-state index is 15.1. The third-order valence-electron chi connectivity index (χ3n) is 8.12. The summed E-state index contributed by atoms with van der Waals surface area (Å²) in [6, 6.07) is 14.8. The van der Waals surface area contributed by atoms with Gasteiger partial charge in [0, 0.05) is 54.2 Å². The van der Waals surface area contributed by atoms with Crippen molar-refractivity contribution in [3.8, 4) is 0 Å². The van der Waals surface area contributed by atoms with Crippen LogP contribution in [0.25, 0.3) is 0 Å². The Bertz CT molecular complexity index is 1010. The van der Waals surface area contributed by atoms with E-state index in [2.05, 4.69) is 75.6 Å². The molecule has 2 aromatic rings. The van der Waals surface area contributed by atoms with Crippen molar-refractivity contribution < 1.29 is 9.18 Å². The molecular weight excluding hydrogens is 423 g/mol. The number of rotatable bonds is 4. The van der Waals surface area contributed by atoms with Crippen molar-refractivity contribution in [2.75, 3.05) is 18.0 Å². The van der Waals surface area contributed by atoms with Crippen molar-refractivity contribution in [2.24, 2.45) is 11.8 Å². The van der Waals surface area contributed by atoms with E-state index in [1.54, 1.807) is 6.07 Å². The standard InChI is InChI=1S/C30H41FN2O/c1-19-8-11-24(12-9-19)33-21(3)15-23(16-22(33)4)29(34)27-18-32(30(5,6)7)17-26(27)25-13-10-20(2)14-28(25)31/h8-14,21-23,26-27H,15-18H2,1-7H3/t21-,22+,23?,26-,27+/m1/s1. The number of Topliss-reactive ketones (excluding diaryl/α,β-unsaturated/α-hetero) is 1. The van der Waals surface area contributed by atoms with Gasteiger partial charge in [-0.05, 0) is 90.6 Å². The van der Waals surface area contributed by atoms with Crippen LogP contribution in [-0.4, -0.2) is 41.4 Å². The van der Waals surface area contributed by atoms with Crippen LogP contribution in [0.2, 0.25) is 0 Å². The van der Waals surface area contributed by atoms with Crippen molar-refractivity contribution in [1.82, 2.24) is 4.90 Å². The van der Waals surface area contributed by atoms with Gasteiger partial charge in [0.05, 0.1) is 0 Å². The molecule has 1 unspecified atom stereocenters. The summed E-state index contributed by atoms with van der Waals surface area (Å²) in [5.74, 6) is -0.0686. The number of ketones is 1. The van der Waals surface area contributed by atoms with Gasteiger partial charge < -0.3 is 4.90 Å². The van der Waals surface area contributed by atoms with Crippen LogP contribution >= 0.6 is 0 Å². The normalized spacial score (nSPS) is 28.4. The smallest absolute Gasteiger partial charge is 0.141 e. The number of benzene rings is 2. The van der Waals surface area contributed by atoms with Crippen molar-refractivity contribution in [2.45, 2.75) is 84.8 Å². The van der Waals surface area contributed by atoms with Crippen molar-refractivity contribution in [3.63, 3.8) is 0 Å². The van der Waals surface area contributed by atoms with E-state index in [-0.39, 0.29) is 41.2 Å². The molecule has 3 nitrogen and oxygen atoms in total. The minimum atomic E-state index is -0.172. The lowest BCUT2D eigenvalue weighted by molar-refractivity contribution is -0.128. The first kappa shape index (κ1) is 24.9. The average molecular weight is 465 g/mol. The molecule has 4 heteroatoms. The highest BCUT2D eigenvalue weighted by Crippen LogP contribution is 2.42. The summed E-state index contributed by atoms with van der Waals surface area (Å²) >= 11 is 0.